The Bertz CT molecular complexity index is 968. The number of carboxylic acids is 1. The second-order valence-electron chi connectivity index (χ2n) is 7.97. The number of benzene rings is 1. The first kappa shape index (κ1) is 23.6. The minimum absolute atomic E-state index is 0.0739. The van der Waals surface area contributed by atoms with E-state index in [1.54, 1.807) is 6.92 Å². The minimum Gasteiger partial charge on any atom is -0.487 e. The van der Waals surface area contributed by atoms with Gasteiger partial charge in [0.2, 0.25) is 0 Å². The molecule has 3 heterocycles. The number of carboxylic acid groups (broad SMARTS) is 1. The van der Waals surface area contributed by atoms with Crippen molar-refractivity contribution >= 4 is 11.9 Å². The Morgan fingerprint density at radius 1 is 1.25 bits per heavy atom. The SMILES string of the molecule is Cc1nocc1C(=O)NC1CC2(CCN(C)CC2)Oc2ccccc21.O=C(O)C(F)(F)F. The van der Waals surface area contributed by atoms with Crippen LogP contribution in [0.1, 0.15) is 46.9 Å². The number of piperidine rings is 1. The summed E-state index contributed by atoms with van der Waals surface area (Å²) in [6, 6.07) is 7.92. The van der Waals surface area contributed by atoms with Gasteiger partial charge < -0.3 is 24.6 Å². The number of fused-ring (bicyclic) bond motifs is 1. The molecule has 1 aromatic carbocycles. The zero-order valence-electron chi connectivity index (χ0n) is 17.6. The van der Waals surface area contributed by atoms with Crippen LogP contribution in [0.2, 0.25) is 0 Å². The predicted molar refractivity (Wildman–Crippen MR) is 106 cm³/mol. The van der Waals surface area contributed by atoms with E-state index in [0.717, 1.165) is 43.7 Å². The first-order valence-electron chi connectivity index (χ1n) is 9.99. The third-order valence-corrected chi connectivity index (χ3v) is 5.64. The summed E-state index contributed by atoms with van der Waals surface area (Å²) in [5.41, 5.74) is 1.92. The Balaban J connectivity index is 0.000000360. The van der Waals surface area contributed by atoms with Gasteiger partial charge in [-0.2, -0.15) is 13.2 Å². The van der Waals surface area contributed by atoms with E-state index in [4.69, 9.17) is 19.2 Å². The summed E-state index contributed by atoms with van der Waals surface area (Å²) >= 11 is 0. The van der Waals surface area contributed by atoms with Gasteiger partial charge >= 0.3 is 12.1 Å². The Kier molecular flexibility index (Phi) is 6.77. The number of aromatic nitrogens is 1. The number of hydrogen-bond donors (Lipinski definition) is 2. The van der Waals surface area contributed by atoms with Crippen LogP contribution in [0.15, 0.2) is 35.1 Å². The molecular formula is C21H24F3N3O5. The predicted octanol–water partition coefficient (Wildman–Crippen LogP) is 3.33. The molecule has 32 heavy (non-hydrogen) atoms. The van der Waals surface area contributed by atoms with Gasteiger partial charge in [0.15, 0.2) is 0 Å². The molecule has 2 N–H and O–H groups in total. The number of nitrogens with one attached hydrogen (secondary N) is 1. The van der Waals surface area contributed by atoms with E-state index in [1.165, 1.54) is 6.26 Å². The molecule has 174 valence electrons. The highest BCUT2D eigenvalue weighted by molar-refractivity contribution is 5.95. The van der Waals surface area contributed by atoms with Crippen LogP contribution in [0.3, 0.4) is 0 Å². The fourth-order valence-electron chi connectivity index (χ4n) is 3.83. The lowest BCUT2D eigenvalue weighted by molar-refractivity contribution is -0.192. The van der Waals surface area contributed by atoms with Gasteiger partial charge in [-0.3, -0.25) is 4.79 Å². The van der Waals surface area contributed by atoms with Crippen LogP contribution in [-0.2, 0) is 4.79 Å². The molecule has 2 aromatic rings. The average molecular weight is 455 g/mol. The molecule has 8 nitrogen and oxygen atoms in total. The summed E-state index contributed by atoms with van der Waals surface area (Å²) in [6.45, 7) is 3.79. The normalized spacial score (nSPS) is 19.8. The second kappa shape index (κ2) is 9.19. The highest BCUT2D eigenvalue weighted by atomic mass is 19.4. The van der Waals surface area contributed by atoms with Gasteiger partial charge in [-0.1, -0.05) is 23.4 Å². The molecule has 1 spiro atoms. The minimum atomic E-state index is -5.08. The van der Waals surface area contributed by atoms with E-state index in [-0.39, 0.29) is 17.6 Å². The number of alkyl halides is 3. The summed E-state index contributed by atoms with van der Waals surface area (Å²) in [4.78, 5) is 23.9. The zero-order valence-corrected chi connectivity index (χ0v) is 17.6. The maximum absolute atomic E-state index is 12.7. The molecular weight excluding hydrogens is 431 g/mol. The number of amides is 1. The van der Waals surface area contributed by atoms with Crippen LogP contribution >= 0.6 is 0 Å². The van der Waals surface area contributed by atoms with Crippen molar-refractivity contribution in [3.05, 3.63) is 47.3 Å². The molecule has 11 heteroatoms. The number of halogens is 3. The lowest BCUT2D eigenvalue weighted by atomic mass is 9.80. The van der Waals surface area contributed by atoms with Crippen molar-refractivity contribution < 1.29 is 37.1 Å². The number of para-hydroxylation sites is 1. The summed E-state index contributed by atoms with van der Waals surface area (Å²) < 4.78 is 43.1. The Morgan fingerprint density at radius 3 is 2.44 bits per heavy atom. The number of carbonyl (C=O) groups excluding carboxylic acids is 1. The Hall–Kier alpha value is -3.08. The number of rotatable bonds is 2. The summed E-state index contributed by atoms with van der Waals surface area (Å²) in [5.74, 6) is -2.03. The lowest BCUT2D eigenvalue weighted by Crippen LogP contribution is -2.51. The fourth-order valence-corrected chi connectivity index (χ4v) is 3.83. The van der Waals surface area contributed by atoms with Gasteiger partial charge in [0.1, 0.15) is 23.2 Å². The molecule has 0 radical (unpaired) electrons. The first-order chi connectivity index (χ1) is 15.0. The molecule has 2 aliphatic rings. The van der Waals surface area contributed by atoms with E-state index >= 15 is 0 Å². The van der Waals surface area contributed by atoms with Crippen molar-refractivity contribution in [3.8, 4) is 5.75 Å². The van der Waals surface area contributed by atoms with Crippen molar-refractivity contribution in [3.63, 3.8) is 0 Å². The smallest absolute Gasteiger partial charge is 0.487 e. The molecule has 1 amide bonds. The van der Waals surface area contributed by atoms with E-state index in [9.17, 15) is 18.0 Å². The number of aliphatic carboxylic acids is 1. The number of hydrogen-bond acceptors (Lipinski definition) is 6. The topological polar surface area (TPSA) is 105 Å². The summed E-state index contributed by atoms with van der Waals surface area (Å²) in [6.07, 6.45) is -0.956. The third-order valence-electron chi connectivity index (χ3n) is 5.64. The third kappa shape index (κ3) is 5.39. The molecule has 1 fully saturated rings. The van der Waals surface area contributed by atoms with Crippen LogP contribution in [0.4, 0.5) is 13.2 Å². The van der Waals surface area contributed by atoms with E-state index < -0.39 is 12.1 Å². The second-order valence-corrected chi connectivity index (χ2v) is 7.97. The number of aryl methyl sites for hydroxylation is 1. The van der Waals surface area contributed by atoms with Gasteiger partial charge in [0.25, 0.3) is 5.91 Å². The van der Waals surface area contributed by atoms with Crippen LogP contribution in [0, 0.1) is 6.92 Å². The van der Waals surface area contributed by atoms with Gasteiger partial charge in [-0.05, 0) is 32.9 Å². The average Bonchev–Trinajstić information content (AvgIpc) is 3.16. The Labute approximate surface area is 182 Å². The molecule has 0 bridgehead atoms. The molecule has 2 aliphatic heterocycles. The van der Waals surface area contributed by atoms with E-state index in [0.29, 0.717) is 11.3 Å². The monoisotopic (exact) mass is 455 g/mol. The summed E-state index contributed by atoms with van der Waals surface area (Å²) in [7, 11) is 2.14. The number of likely N-dealkylation sites (tertiary alicyclic amines) is 1. The number of carbonyl (C=O) groups is 2. The number of nitrogens with zero attached hydrogens (tertiary/aromatic N) is 2. The lowest BCUT2D eigenvalue weighted by Gasteiger charge is -2.46. The van der Waals surface area contributed by atoms with Gasteiger partial charge in [0.05, 0.1) is 11.7 Å². The standard InChI is InChI=1S/C19H23N3O3.C2HF3O2/c1-13-15(12-24-21-13)18(23)20-16-11-19(7-9-22(2)10-8-19)25-17-6-4-3-5-14(16)17;3-2(4,5)1(6)7/h3-6,12,16H,7-11H2,1-2H3,(H,20,23);(H,6,7). The molecule has 1 atom stereocenters. The van der Waals surface area contributed by atoms with Crippen LogP contribution in [0.5, 0.6) is 5.75 Å². The maximum atomic E-state index is 12.7. The molecule has 0 aliphatic carbocycles. The largest absolute Gasteiger partial charge is 0.490 e. The van der Waals surface area contributed by atoms with Crippen LogP contribution in [-0.4, -0.2) is 59.0 Å². The van der Waals surface area contributed by atoms with Gasteiger partial charge in [-0.15, -0.1) is 0 Å². The van der Waals surface area contributed by atoms with Crippen molar-refractivity contribution in [2.75, 3.05) is 20.1 Å². The van der Waals surface area contributed by atoms with Crippen molar-refractivity contribution in [1.82, 2.24) is 15.4 Å². The van der Waals surface area contributed by atoms with E-state index in [1.807, 2.05) is 24.3 Å². The van der Waals surface area contributed by atoms with Crippen molar-refractivity contribution in [1.29, 1.82) is 0 Å². The quantitative estimate of drug-likeness (QED) is 0.716. The highest BCUT2D eigenvalue weighted by Gasteiger charge is 2.43. The highest BCUT2D eigenvalue weighted by Crippen LogP contribution is 2.44. The van der Waals surface area contributed by atoms with Gasteiger partial charge in [-0.25, -0.2) is 4.79 Å². The maximum Gasteiger partial charge on any atom is 0.490 e. The molecule has 0 saturated carbocycles. The van der Waals surface area contributed by atoms with Crippen molar-refractivity contribution in [2.45, 2.75) is 44.0 Å². The molecule has 1 saturated heterocycles. The van der Waals surface area contributed by atoms with Crippen LogP contribution < -0.4 is 10.1 Å². The Morgan fingerprint density at radius 2 is 1.88 bits per heavy atom. The molecule has 4 rings (SSSR count). The molecule has 1 aromatic heterocycles. The van der Waals surface area contributed by atoms with E-state index in [2.05, 4.69) is 22.4 Å². The zero-order chi connectivity index (χ0) is 23.5. The number of ether oxygens (including phenoxy) is 1. The fraction of sp³-hybridized carbons (Fsp3) is 0.476. The first-order valence-corrected chi connectivity index (χ1v) is 9.99. The van der Waals surface area contributed by atoms with Crippen LogP contribution in [0.25, 0.3) is 0 Å². The van der Waals surface area contributed by atoms with Crippen molar-refractivity contribution in [2.24, 2.45) is 0 Å². The van der Waals surface area contributed by atoms with Gasteiger partial charge in [0, 0.05) is 25.1 Å². The summed E-state index contributed by atoms with van der Waals surface area (Å²) in [5, 5.41) is 14.1. The molecule has 1 unspecified atom stereocenters.